The van der Waals surface area contributed by atoms with Crippen LogP contribution in [0.5, 0.6) is 0 Å². The molecule has 26 heavy (non-hydrogen) atoms. The molecule has 0 saturated carbocycles. The summed E-state index contributed by atoms with van der Waals surface area (Å²) in [5.41, 5.74) is -0.138. The summed E-state index contributed by atoms with van der Waals surface area (Å²) >= 11 is 0. The zero-order valence-electron chi connectivity index (χ0n) is 16.8. The molecule has 5 nitrogen and oxygen atoms in total. The Morgan fingerprint density at radius 1 is 1.38 bits per heavy atom. The van der Waals surface area contributed by atoms with E-state index in [-0.39, 0.29) is 24.3 Å². The molecular formula is C21H32N2O3. The van der Waals surface area contributed by atoms with E-state index < -0.39 is 11.3 Å². The molecule has 0 spiro atoms. The summed E-state index contributed by atoms with van der Waals surface area (Å²) in [5.74, 6) is 0. The number of carbonyl (C=O) groups excluding carboxylic acids is 1. The Kier molecular flexibility index (Phi) is 6.14. The minimum Gasteiger partial charge on any atom is -0.444 e. The molecule has 5 heteroatoms. The van der Waals surface area contributed by atoms with Crippen LogP contribution < -0.4 is 5.32 Å². The van der Waals surface area contributed by atoms with Crippen LogP contribution in [-0.2, 0) is 16.0 Å². The predicted molar refractivity (Wildman–Crippen MR) is 104 cm³/mol. The summed E-state index contributed by atoms with van der Waals surface area (Å²) in [6.45, 7) is 16.0. The van der Waals surface area contributed by atoms with E-state index in [9.17, 15) is 4.79 Å². The number of nitrogens with zero attached hydrogens (tertiary/aromatic N) is 1. The van der Waals surface area contributed by atoms with Gasteiger partial charge in [0.25, 0.3) is 0 Å². The van der Waals surface area contributed by atoms with Gasteiger partial charge in [-0.05, 0) is 47.1 Å². The lowest BCUT2D eigenvalue weighted by Crippen LogP contribution is -2.56. The van der Waals surface area contributed by atoms with Crippen LogP contribution in [0, 0.1) is 0 Å². The molecule has 1 N–H and O–H groups in total. The van der Waals surface area contributed by atoms with E-state index in [0.29, 0.717) is 6.54 Å². The second-order valence-electron chi connectivity index (χ2n) is 8.24. The fourth-order valence-corrected chi connectivity index (χ4v) is 3.43. The predicted octanol–water partition coefficient (Wildman–Crippen LogP) is 4.09. The van der Waals surface area contributed by atoms with Crippen LogP contribution in [0.3, 0.4) is 0 Å². The highest BCUT2D eigenvalue weighted by Gasteiger charge is 2.51. The average molecular weight is 360 g/mol. The van der Waals surface area contributed by atoms with Gasteiger partial charge in [-0.1, -0.05) is 36.4 Å². The fourth-order valence-electron chi connectivity index (χ4n) is 3.43. The molecule has 1 amide bonds. The number of carbonyl (C=O) groups is 1. The monoisotopic (exact) mass is 360 g/mol. The second-order valence-corrected chi connectivity index (χ2v) is 8.24. The van der Waals surface area contributed by atoms with E-state index in [0.717, 1.165) is 0 Å². The lowest BCUT2D eigenvalue weighted by molar-refractivity contribution is -0.0758. The lowest BCUT2D eigenvalue weighted by Gasteiger charge is -2.37. The third-order valence-electron chi connectivity index (χ3n) is 4.43. The Morgan fingerprint density at radius 2 is 2.00 bits per heavy atom. The van der Waals surface area contributed by atoms with Crippen molar-refractivity contribution < 1.29 is 14.3 Å². The molecule has 0 radical (unpaired) electrons. The maximum Gasteiger partial charge on any atom is 0.412 e. The Morgan fingerprint density at radius 3 is 2.54 bits per heavy atom. The van der Waals surface area contributed by atoms with E-state index in [1.807, 2.05) is 65.8 Å². The van der Waals surface area contributed by atoms with Gasteiger partial charge < -0.3 is 14.8 Å². The third kappa shape index (κ3) is 4.86. The molecule has 0 aromatic heterocycles. The van der Waals surface area contributed by atoms with Gasteiger partial charge in [0.05, 0.1) is 12.1 Å². The van der Waals surface area contributed by atoms with Gasteiger partial charge in [0.15, 0.2) is 0 Å². The van der Waals surface area contributed by atoms with Crippen molar-refractivity contribution in [1.82, 2.24) is 10.2 Å². The first-order valence-corrected chi connectivity index (χ1v) is 9.15. The van der Waals surface area contributed by atoms with Crippen molar-refractivity contribution in [3.05, 3.63) is 48.6 Å². The Hall–Kier alpha value is -1.85. The second kappa shape index (κ2) is 7.80. The van der Waals surface area contributed by atoms with Crippen LogP contribution in [0.2, 0.25) is 0 Å². The summed E-state index contributed by atoms with van der Waals surface area (Å²) in [4.78, 5) is 14.6. The molecule has 3 atom stereocenters. The highest BCUT2D eigenvalue weighted by atomic mass is 16.6. The summed E-state index contributed by atoms with van der Waals surface area (Å²) in [6.07, 6.45) is 1.32. The van der Waals surface area contributed by atoms with Gasteiger partial charge in [0, 0.05) is 12.6 Å². The Labute approximate surface area is 157 Å². The van der Waals surface area contributed by atoms with Crippen molar-refractivity contribution in [2.75, 3.05) is 0 Å². The topological polar surface area (TPSA) is 50.8 Å². The van der Waals surface area contributed by atoms with Crippen molar-refractivity contribution in [2.24, 2.45) is 0 Å². The minimum absolute atomic E-state index is 0.125. The molecule has 0 unspecified atom stereocenters. The van der Waals surface area contributed by atoms with Gasteiger partial charge in [-0.2, -0.15) is 0 Å². The zero-order valence-corrected chi connectivity index (χ0v) is 16.8. The van der Waals surface area contributed by atoms with E-state index in [1.165, 1.54) is 5.56 Å². The summed E-state index contributed by atoms with van der Waals surface area (Å²) < 4.78 is 11.7. The van der Waals surface area contributed by atoms with E-state index in [2.05, 4.69) is 24.0 Å². The number of rotatable bonds is 5. The van der Waals surface area contributed by atoms with Gasteiger partial charge in [-0.25, -0.2) is 4.79 Å². The average Bonchev–Trinajstić information content (AvgIpc) is 2.76. The maximum absolute atomic E-state index is 12.9. The first-order chi connectivity index (χ1) is 12.0. The van der Waals surface area contributed by atoms with Gasteiger partial charge >= 0.3 is 6.09 Å². The van der Waals surface area contributed by atoms with Crippen LogP contribution >= 0.6 is 0 Å². The first-order valence-electron chi connectivity index (χ1n) is 9.15. The van der Waals surface area contributed by atoms with Crippen LogP contribution in [-0.4, -0.2) is 40.5 Å². The van der Waals surface area contributed by atoms with E-state index in [4.69, 9.17) is 9.47 Å². The van der Waals surface area contributed by atoms with Crippen LogP contribution in [0.15, 0.2) is 43.0 Å². The minimum atomic E-state index is -0.748. The zero-order chi connectivity index (χ0) is 19.5. The largest absolute Gasteiger partial charge is 0.444 e. The lowest BCUT2D eigenvalue weighted by atomic mass is 10.0. The Balaban J connectivity index is 2.20. The molecule has 1 aliphatic heterocycles. The highest BCUT2D eigenvalue weighted by Crippen LogP contribution is 2.35. The number of ether oxygens (including phenoxy) is 2. The molecule has 1 heterocycles. The summed E-state index contributed by atoms with van der Waals surface area (Å²) in [7, 11) is 0. The molecular weight excluding hydrogens is 328 g/mol. The maximum atomic E-state index is 12.9. The van der Waals surface area contributed by atoms with Gasteiger partial charge in [0.1, 0.15) is 11.3 Å². The van der Waals surface area contributed by atoms with E-state index in [1.54, 1.807) is 4.90 Å². The molecule has 0 aliphatic carbocycles. The van der Waals surface area contributed by atoms with E-state index >= 15 is 0 Å². The summed E-state index contributed by atoms with van der Waals surface area (Å²) in [6, 6.07) is 9.82. The van der Waals surface area contributed by atoms with Crippen molar-refractivity contribution in [3.63, 3.8) is 0 Å². The first kappa shape index (κ1) is 20.5. The number of hydrogen-bond donors (Lipinski definition) is 1. The molecule has 1 aliphatic rings. The van der Waals surface area contributed by atoms with Gasteiger partial charge in [-0.15, -0.1) is 6.58 Å². The standard InChI is InChI=1S/C21H32N2O3/c1-8-17(22-14-16-12-10-9-11-13-16)18-15(2)25-21(6,7)23(18)19(24)26-20(3,4)5/h8-13,15,17-18,22H,1,14H2,2-7H3/t15-,17-,18+/m1/s1. The van der Waals surface area contributed by atoms with Gasteiger partial charge in [-0.3, -0.25) is 4.90 Å². The molecule has 2 rings (SSSR count). The molecule has 1 aromatic rings. The van der Waals surface area contributed by atoms with Crippen molar-refractivity contribution in [1.29, 1.82) is 0 Å². The molecule has 0 bridgehead atoms. The van der Waals surface area contributed by atoms with Crippen LogP contribution in [0.4, 0.5) is 4.79 Å². The quantitative estimate of drug-likeness (QED) is 0.804. The summed E-state index contributed by atoms with van der Waals surface area (Å²) in [5, 5.41) is 3.50. The fraction of sp³-hybridized carbons (Fsp3) is 0.571. The SMILES string of the molecule is C=C[C@@H](NCc1ccccc1)[C@@H]1[C@@H](C)OC(C)(C)N1C(=O)OC(C)(C)C. The van der Waals surface area contributed by atoms with Crippen LogP contribution in [0.25, 0.3) is 0 Å². The molecule has 144 valence electrons. The van der Waals surface area contributed by atoms with Crippen molar-refractivity contribution >= 4 is 6.09 Å². The highest BCUT2D eigenvalue weighted by molar-refractivity contribution is 5.70. The number of hydrogen-bond acceptors (Lipinski definition) is 4. The van der Waals surface area contributed by atoms with Crippen molar-refractivity contribution in [3.8, 4) is 0 Å². The number of benzene rings is 1. The number of amides is 1. The van der Waals surface area contributed by atoms with Crippen LogP contribution in [0.1, 0.15) is 47.1 Å². The molecule has 1 saturated heterocycles. The smallest absolute Gasteiger partial charge is 0.412 e. The molecule has 1 aromatic carbocycles. The van der Waals surface area contributed by atoms with Crippen molar-refractivity contribution in [2.45, 2.75) is 77.6 Å². The Bertz CT molecular complexity index is 622. The normalized spacial score (nSPS) is 23.5. The van der Waals surface area contributed by atoms with Gasteiger partial charge in [0.2, 0.25) is 0 Å². The molecule has 1 fully saturated rings. The number of nitrogens with one attached hydrogen (secondary N) is 1. The third-order valence-corrected chi connectivity index (χ3v) is 4.43.